The molecule has 5 nitrogen and oxygen atoms in total. The Morgan fingerprint density at radius 1 is 1.11 bits per heavy atom. The molecule has 4 rings (SSSR count). The molecule has 0 radical (unpaired) electrons. The van der Waals surface area contributed by atoms with Crippen molar-refractivity contribution in [3.05, 3.63) is 24.5 Å². The Balaban J connectivity index is 1.77. The van der Waals surface area contributed by atoms with Gasteiger partial charge >= 0.3 is 0 Å². The predicted molar refractivity (Wildman–Crippen MR) is 64.7 cm³/mol. The minimum Gasteiger partial charge on any atom is -0.486 e. The lowest BCUT2D eigenvalue weighted by molar-refractivity contribution is 0.171. The predicted octanol–water partition coefficient (Wildman–Crippen LogP) is 2.05. The average Bonchev–Trinajstić information content (AvgIpc) is 3.16. The topological polar surface area (TPSA) is 49.2 Å². The molecule has 1 aliphatic carbocycles. The van der Waals surface area contributed by atoms with Crippen LogP contribution in [0.15, 0.2) is 24.5 Å². The number of hydrogen-bond donors (Lipinski definition) is 0. The minimum absolute atomic E-state index is 0.572. The zero-order chi connectivity index (χ0) is 11.9. The van der Waals surface area contributed by atoms with Gasteiger partial charge < -0.3 is 14.0 Å². The molecule has 0 atom stereocenters. The molecular weight excluding hydrogens is 230 g/mol. The molecule has 1 aromatic heterocycles. The summed E-state index contributed by atoms with van der Waals surface area (Å²) in [6, 6.07) is 6.51. The van der Waals surface area contributed by atoms with Crippen LogP contribution in [-0.4, -0.2) is 28.0 Å². The number of nitrogens with zero attached hydrogens (tertiary/aromatic N) is 3. The molecule has 5 heteroatoms. The van der Waals surface area contributed by atoms with Crippen molar-refractivity contribution in [3.63, 3.8) is 0 Å². The number of aromatic nitrogens is 3. The highest BCUT2D eigenvalue weighted by molar-refractivity contribution is 5.61. The molecule has 1 saturated carbocycles. The highest BCUT2D eigenvalue weighted by atomic mass is 16.6. The molecule has 1 fully saturated rings. The summed E-state index contributed by atoms with van der Waals surface area (Å²) >= 11 is 0. The first-order valence-corrected chi connectivity index (χ1v) is 6.21. The first kappa shape index (κ1) is 9.94. The van der Waals surface area contributed by atoms with Crippen molar-refractivity contribution in [3.8, 4) is 22.9 Å². The molecule has 0 N–H and O–H groups in total. The van der Waals surface area contributed by atoms with Gasteiger partial charge in [0.25, 0.3) is 0 Å². The molecule has 2 aliphatic rings. The van der Waals surface area contributed by atoms with Gasteiger partial charge in [-0.25, -0.2) is 0 Å². The van der Waals surface area contributed by atoms with E-state index >= 15 is 0 Å². The number of fused-ring (bicyclic) bond motifs is 1. The fourth-order valence-electron chi connectivity index (χ4n) is 2.25. The van der Waals surface area contributed by atoms with Crippen molar-refractivity contribution in [1.82, 2.24) is 14.8 Å². The molecule has 0 amide bonds. The van der Waals surface area contributed by atoms with E-state index in [1.165, 1.54) is 12.8 Å². The SMILES string of the molecule is c1cc2c(cc1-c1nncn1C1CC1)OCCO2. The largest absolute Gasteiger partial charge is 0.486 e. The van der Waals surface area contributed by atoms with Crippen LogP contribution in [0.2, 0.25) is 0 Å². The normalized spacial score (nSPS) is 17.8. The molecule has 18 heavy (non-hydrogen) atoms. The molecule has 0 saturated heterocycles. The Morgan fingerprint density at radius 3 is 2.78 bits per heavy atom. The molecule has 2 aromatic rings. The molecule has 0 spiro atoms. The Hall–Kier alpha value is -2.04. The number of ether oxygens (including phenoxy) is 2. The van der Waals surface area contributed by atoms with Crippen LogP contribution in [-0.2, 0) is 0 Å². The van der Waals surface area contributed by atoms with E-state index in [0.29, 0.717) is 19.3 Å². The quantitative estimate of drug-likeness (QED) is 0.810. The monoisotopic (exact) mass is 243 g/mol. The Bertz CT molecular complexity index is 590. The summed E-state index contributed by atoms with van der Waals surface area (Å²) in [5.74, 6) is 2.51. The minimum atomic E-state index is 0.572. The third-order valence-corrected chi connectivity index (χ3v) is 3.31. The fourth-order valence-corrected chi connectivity index (χ4v) is 2.25. The van der Waals surface area contributed by atoms with Crippen molar-refractivity contribution in [1.29, 1.82) is 0 Å². The summed E-state index contributed by atoms with van der Waals surface area (Å²) in [7, 11) is 0. The molecule has 92 valence electrons. The number of hydrogen-bond acceptors (Lipinski definition) is 4. The second-order valence-electron chi connectivity index (χ2n) is 4.65. The van der Waals surface area contributed by atoms with Gasteiger partial charge in [-0.3, -0.25) is 0 Å². The average molecular weight is 243 g/mol. The van der Waals surface area contributed by atoms with Crippen LogP contribution in [0.5, 0.6) is 11.5 Å². The zero-order valence-corrected chi connectivity index (χ0v) is 9.87. The Morgan fingerprint density at radius 2 is 1.94 bits per heavy atom. The van der Waals surface area contributed by atoms with Crippen molar-refractivity contribution >= 4 is 0 Å². The van der Waals surface area contributed by atoms with Crippen molar-refractivity contribution in [2.75, 3.05) is 13.2 Å². The third kappa shape index (κ3) is 1.54. The highest BCUT2D eigenvalue weighted by Gasteiger charge is 2.27. The van der Waals surface area contributed by atoms with Crippen LogP contribution in [0.3, 0.4) is 0 Å². The van der Waals surface area contributed by atoms with E-state index in [2.05, 4.69) is 14.8 Å². The Labute approximate surface area is 104 Å². The maximum atomic E-state index is 5.60. The van der Waals surface area contributed by atoms with Gasteiger partial charge in [-0.1, -0.05) is 0 Å². The van der Waals surface area contributed by atoms with Crippen molar-refractivity contribution in [2.45, 2.75) is 18.9 Å². The molecule has 2 heterocycles. The van der Waals surface area contributed by atoms with E-state index in [0.717, 1.165) is 22.9 Å². The van der Waals surface area contributed by atoms with Gasteiger partial charge in [0.05, 0.1) is 0 Å². The summed E-state index contributed by atoms with van der Waals surface area (Å²) in [6.07, 6.45) is 4.25. The zero-order valence-electron chi connectivity index (χ0n) is 9.87. The molecule has 0 bridgehead atoms. The van der Waals surface area contributed by atoms with Gasteiger partial charge in [0.15, 0.2) is 17.3 Å². The van der Waals surface area contributed by atoms with Gasteiger partial charge in [0, 0.05) is 11.6 Å². The van der Waals surface area contributed by atoms with Gasteiger partial charge in [-0.05, 0) is 31.0 Å². The summed E-state index contributed by atoms with van der Waals surface area (Å²) in [5.41, 5.74) is 1.03. The van der Waals surface area contributed by atoms with E-state index in [9.17, 15) is 0 Å². The van der Waals surface area contributed by atoms with Crippen LogP contribution in [0.1, 0.15) is 18.9 Å². The standard InChI is InChI=1S/C13H13N3O2/c1-4-11-12(18-6-5-17-11)7-9(1)13-15-14-8-16(13)10-2-3-10/h1,4,7-8,10H,2-3,5-6H2. The summed E-state index contributed by atoms with van der Waals surface area (Å²) in [5, 5.41) is 8.23. The summed E-state index contributed by atoms with van der Waals surface area (Å²) < 4.78 is 13.3. The summed E-state index contributed by atoms with van der Waals surface area (Å²) in [4.78, 5) is 0. The smallest absolute Gasteiger partial charge is 0.164 e. The van der Waals surface area contributed by atoms with Crippen LogP contribution < -0.4 is 9.47 Å². The highest BCUT2D eigenvalue weighted by Crippen LogP contribution is 2.39. The van der Waals surface area contributed by atoms with E-state index in [-0.39, 0.29) is 0 Å². The number of benzene rings is 1. The second-order valence-corrected chi connectivity index (χ2v) is 4.65. The van der Waals surface area contributed by atoms with Crippen molar-refractivity contribution in [2.24, 2.45) is 0 Å². The Kier molecular flexibility index (Phi) is 2.06. The molecule has 1 aliphatic heterocycles. The molecular formula is C13H13N3O2. The number of rotatable bonds is 2. The summed E-state index contributed by atoms with van der Waals surface area (Å²) in [6.45, 7) is 1.22. The maximum absolute atomic E-state index is 5.60. The van der Waals surface area contributed by atoms with Crippen LogP contribution in [0.4, 0.5) is 0 Å². The van der Waals surface area contributed by atoms with E-state index in [1.54, 1.807) is 0 Å². The van der Waals surface area contributed by atoms with Crippen LogP contribution in [0, 0.1) is 0 Å². The van der Waals surface area contributed by atoms with Gasteiger partial charge in [0.2, 0.25) is 0 Å². The van der Waals surface area contributed by atoms with Gasteiger partial charge in [-0.15, -0.1) is 10.2 Å². The lowest BCUT2D eigenvalue weighted by Crippen LogP contribution is -2.15. The third-order valence-electron chi connectivity index (χ3n) is 3.31. The fraction of sp³-hybridized carbons (Fsp3) is 0.385. The first-order valence-electron chi connectivity index (χ1n) is 6.21. The molecule has 0 unspecified atom stereocenters. The van der Waals surface area contributed by atoms with Gasteiger partial charge in [-0.2, -0.15) is 0 Å². The first-order chi connectivity index (χ1) is 8.92. The lowest BCUT2D eigenvalue weighted by Gasteiger charge is -2.18. The molecule has 1 aromatic carbocycles. The van der Waals surface area contributed by atoms with E-state index < -0.39 is 0 Å². The van der Waals surface area contributed by atoms with Crippen molar-refractivity contribution < 1.29 is 9.47 Å². The van der Waals surface area contributed by atoms with Gasteiger partial charge in [0.1, 0.15) is 19.5 Å². The van der Waals surface area contributed by atoms with E-state index in [1.807, 2.05) is 24.5 Å². The second kappa shape index (κ2) is 3.73. The maximum Gasteiger partial charge on any atom is 0.164 e. The van der Waals surface area contributed by atoms with Crippen LogP contribution >= 0.6 is 0 Å². The van der Waals surface area contributed by atoms with Crippen LogP contribution in [0.25, 0.3) is 11.4 Å². The van der Waals surface area contributed by atoms with E-state index in [4.69, 9.17) is 9.47 Å². The lowest BCUT2D eigenvalue weighted by atomic mass is 10.2.